The Morgan fingerprint density at radius 3 is 2.64 bits per heavy atom. The molecule has 0 aliphatic heterocycles. The van der Waals surface area contributed by atoms with Gasteiger partial charge in [0.1, 0.15) is 17.4 Å². The van der Waals surface area contributed by atoms with Crippen LogP contribution in [-0.4, -0.2) is 15.7 Å². The van der Waals surface area contributed by atoms with E-state index in [2.05, 4.69) is 10.4 Å². The minimum atomic E-state index is -0.534. The molecule has 3 aromatic rings. The highest BCUT2D eigenvalue weighted by molar-refractivity contribution is 6.30. The van der Waals surface area contributed by atoms with Crippen LogP contribution in [0.3, 0.4) is 0 Å². The summed E-state index contributed by atoms with van der Waals surface area (Å²) in [6.07, 6.45) is 1.56. The minimum absolute atomic E-state index is 0.0196. The van der Waals surface area contributed by atoms with Crippen LogP contribution in [0.5, 0.6) is 5.75 Å². The molecule has 0 unspecified atom stereocenters. The highest BCUT2D eigenvalue weighted by Gasteiger charge is 2.10. The van der Waals surface area contributed by atoms with Gasteiger partial charge >= 0.3 is 0 Å². The highest BCUT2D eigenvalue weighted by atomic mass is 35.5. The molecule has 2 aromatic carbocycles. The highest BCUT2D eigenvalue weighted by Crippen LogP contribution is 2.21. The Hall–Kier alpha value is -2.93. The third kappa shape index (κ3) is 4.33. The van der Waals surface area contributed by atoms with Crippen molar-refractivity contribution >= 4 is 23.2 Å². The number of carbonyl (C=O) groups is 1. The van der Waals surface area contributed by atoms with Gasteiger partial charge in [0.25, 0.3) is 5.91 Å². The first-order chi connectivity index (χ1) is 12.0. The average Bonchev–Trinajstić information content (AvgIpc) is 3.07. The van der Waals surface area contributed by atoms with Gasteiger partial charge in [0, 0.05) is 18.0 Å². The molecule has 0 saturated carbocycles. The van der Waals surface area contributed by atoms with E-state index in [0.29, 0.717) is 11.4 Å². The summed E-state index contributed by atoms with van der Waals surface area (Å²) < 4.78 is 32.8. The Balaban J connectivity index is 1.60. The summed E-state index contributed by atoms with van der Waals surface area (Å²) in [5.74, 6) is -0.984. The maximum Gasteiger partial charge on any atom is 0.276 e. The van der Waals surface area contributed by atoms with Gasteiger partial charge in [-0.25, -0.2) is 13.5 Å². The maximum absolute atomic E-state index is 13.1. The van der Waals surface area contributed by atoms with Gasteiger partial charge in [-0.3, -0.25) is 4.79 Å². The van der Waals surface area contributed by atoms with Gasteiger partial charge in [0.15, 0.2) is 12.4 Å². The predicted molar refractivity (Wildman–Crippen MR) is 88.6 cm³/mol. The fourth-order valence-corrected chi connectivity index (χ4v) is 2.16. The van der Waals surface area contributed by atoms with Gasteiger partial charge in [-0.15, -0.1) is 0 Å². The number of benzene rings is 2. The van der Waals surface area contributed by atoms with Crippen molar-refractivity contribution in [3.05, 3.63) is 77.1 Å². The van der Waals surface area contributed by atoms with Crippen molar-refractivity contribution in [3.63, 3.8) is 0 Å². The van der Waals surface area contributed by atoms with E-state index >= 15 is 0 Å². The smallest absolute Gasteiger partial charge is 0.276 e. The van der Waals surface area contributed by atoms with Crippen LogP contribution in [-0.2, 0) is 6.73 Å². The number of carbonyl (C=O) groups excluding carboxylic acids is 1. The van der Waals surface area contributed by atoms with Gasteiger partial charge in [0.2, 0.25) is 0 Å². The van der Waals surface area contributed by atoms with E-state index in [1.807, 2.05) is 0 Å². The Bertz CT molecular complexity index is 897. The third-order valence-electron chi connectivity index (χ3n) is 3.23. The zero-order chi connectivity index (χ0) is 17.8. The molecular formula is C17H12ClF2N3O2. The van der Waals surface area contributed by atoms with Crippen molar-refractivity contribution in [3.8, 4) is 5.75 Å². The van der Waals surface area contributed by atoms with Crippen LogP contribution in [0.1, 0.15) is 10.5 Å². The molecule has 5 nitrogen and oxygen atoms in total. The molecule has 0 aliphatic rings. The van der Waals surface area contributed by atoms with Crippen LogP contribution in [0.15, 0.2) is 54.7 Å². The molecule has 0 fully saturated rings. The van der Waals surface area contributed by atoms with Crippen molar-refractivity contribution in [1.29, 1.82) is 0 Å². The molecule has 1 amide bonds. The second-order valence-corrected chi connectivity index (χ2v) is 5.46. The standard InChI is InChI=1S/C17H12ClF2N3O2/c18-14-9-13(5-6-15(14)20)25-10-23-8-7-16(22-23)17(24)21-12-3-1-11(19)2-4-12/h1-9H,10H2,(H,21,24). The fourth-order valence-electron chi connectivity index (χ4n) is 1.99. The lowest BCUT2D eigenvalue weighted by Gasteiger charge is -2.07. The largest absolute Gasteiger partial charge is 0.471 e. The summed E-state index contributed by atoms with van der Waals surface area (Å²) in [4.78, 5) is 12.1. The lowest BCUT2D eigenvalue weighted by atomic mass is 10.3. The molecule has 1 N–H and O–H groups in total. The molecule has 0 radical (unpaired) electrons. The number of nitrogens with one attached hydrogen (secondary N) is 1. The number of rotatable bonds is 5. The lowest BCUT2D eigenvalue weighted by molar-refractivity contribution is 0.102. The predicted octanol–water partition coefficient (Wildman–Crippen LogP) is 4.10. The summed E-state index contributed by atoms with van der Waals surface area (Å²) in [6.45, 7) is 0.0196. The van der Waals surface area contributed by atoms with Gasteiger partial charge in [-0.1, -0.05) is 11.6 Å². The van der Waals surface area contributed by atoms with Crippen LogP contribution in [0.4, 0.5) is 14.5 Å². The van der Waals surface area contributed by atoms with Crippen molar-refractivity contribution < 1.29 is 18.3 Å². The first kappa shape index (κ1) is 16.9. The van der Waals surface area contributed by atoms with Gasteiger partial charge in [-0.05, 0) is 42.5 Å². The number of amides is 1. The molecular weight excluding hydrogens is 352 g/mol. The van der Waals surface area contributed by atoms with Crippen LogP contribution in [0.2, 0.25) is 5.02 Å². The zero-order valence-corrected chi connectivity index (χ0v) is 13.5. The second kappa shape index (κ2) is 7.31. The molecule has 8 heteroatoms. The Morgan fingerprint density at radius 1 is 1.16 bits per heavy atom. The van der Waals surface area contributed by atoms with Gasteiger partial charge in [-0.2, -0.15) is 5.10 Å². The summed E-state index contributed by atoms with van der Waals surface area (Å²) in [6, 6.07) is 10.9. The molecule has 0 saturated heterocycles. The Labute approximate surface area is 146 Å². The zero-order valence-electron chi connectivity index (χ0n) is 12.7. The molecule has 0 spiro atoms. The summed E-state index contributed by atoms with van der Waals surface area (Å²) >= 11 is 5.67. The van der Waals surface area contributed by atoms with Crippen LogP contribution in [0.25, 0.3) is 0 Å². The van der Waals surface area contributed by atoms with E-state index in [9.17, 15) is 13.6 Å². The monoisotopic (exact) mass is 363 g/mol. The molecule has 25 heavy (non-hydrogen) atoms. The van der Waals surface area contributed by atoms with E-state index in [-0.39, 0.29) is 23.3 Å². The molecule has 0 bridgehead atoms. The van der Waals surface area contributed by atoms with E-state index in [1.54, 1.807) is 6.20 Å². The van der Waals surface area contributed by atoms with Crippen molar-refractivity contribution in [2.45, 2.75) is 6.73 Å². The minimum Gasteiger partial charge on any atom is -0.471 e. The average molecular weight is 364 g/mol. The van der Waals surface area contributed by atoms with Gasteiger partial charge in [0.05, 0.1) is 5.02 Å². The number of halogens is 3. The van der Waals surface area contributed by atoms with E-state index in [1.165, 1.54) is 53.2 Å². The number of hydrogen-bond acceptors (Lipinski definition) is 3. The van der Waals surface area contributed by atoms with E-state index in [4.69, 9.17) is 16.3 Å². The number of ether oxygens (including phenoxy) is 1. The van der Waals surface area contributed by atoms with Gasteiger partial charge < -0.3 is 10.1 Å². The Kier molecular flexibility index (Phi) is 4.95. The molecule has 1 heterocycles. The molecule has 128 valence electrons. The van der Waals surface area contributed by atoms with Crippen LogP contribution < -0.4 is 10.1 Å². The maximum atomic E-state index is 13.1. The fraction of sp³-hybridized carbons (Fsp3) is 0.0588. The number of aromatic nitrogens is 2. The normalized spacial score (nSPS) is 10.5. The molecule has 0 aliphatic carbocycles. The number of hydrogen-bond donors (Lipinski definition) is 1. The first-order valence-electron chi connectivity index (χ1n) is 7.19. The second-order valence-electron chi connectivity index (χ2n) is 5.05. The SMILES string of the molecule is O=C(Nc1ccc(F)cc1)c1ccn(COc2ccc(F)c(Cl)c2)n1. The quantitative estimate of drug-likeness (QED) is 0.742. The third-order valence-corrected chi connectivity index (χ3v) is 3.52. The molecule has 3 rings (SSSR count). The summed E-state index contributed by atoms with van der Waals surface area (Å²) in [7, 11) is 0. The van der Waals surface area contributed by atoms with E-state index < -0.39 is 11.7 Å². The van der Waals surface area contributed by atoms with E-state index in [0.717, 1.165) is 0 Å². The van der Waals surface area contributed by atoms with Crippen LogP contribution in [0, 0.1) is 11.6 Å². The van der Waals surface area contributed by atoms with Crippen molar-refractivity contribution in [2.75, 3.05) is 5.32 Å². The van der Waals surface area contributed by atoms with Crippen molar-refractivity contribution in [2.24, 2.45) is 0 Å². The summed E-state index contributed by atoms with van der Waals surface area (Å²) in [5, 5.41) is 6.64. The number of anilines is 1. The summed E-state index contributed by atoms with van der Waals surface area (Å²) in [5.41, 5.74) is 0.628. The lowest BCUT2D eigenvalue weighted by Crippen LogP contribution is -2.14. The number of nitrogens with zero attached hydrogens (tertiary/aromatic N) is 2. The van der Waals surface area contributed by atoms with Crippen LogP contribution >= 0.6 is 11.6 Å². The van der Waals surface area contributed by atoms with Crippen molar-refractivity contribution in [1.82, 2.24) is 9.78 Å². The molecule has 1 aromatic heterocycles. The Morgan fingerprint density at radius 2 is 1.92 bits per heavy atom. The topological polar surface area (TPSA) is 56.2 Å². The molecule has 0 atom stereocenters. The first-order valence-corrected chi connectivity index (χ1v) is 7.57.